The van der Waals surface area contributed by atoms with Gasteiger partial charge in [0.25, 0.3) is 5.91 Å². The van der Waals surface area contributed by atoms with E-state index in [-0.39, 0.29) is 31.0 Å². The topological polar surface area (TPSA) is 93.7 Å². The summed E-state index contributed by atoms with van der Waals surface area (Å²) in [5.41, 5.74) is 0.415. The fourth-order valence-electron chi connectivity index (χ4n) is 3.15. The summed E-state index contributed by atoms with van der Waals surface area (Å²) in [7, 11) is -3.39. The SMILES string of the molecule is O=C(NCCS(=O)(=O)NC1CCCCCC1)c1ccc2c(c1)OCO2. The van der Waals surface area contributed by atoms with Gasteiger partial charge in [0.15, 0.2) is 11.5 Å². The molecule has 138 valence electrons. The molecule has 0 bridgehead atoms. The molecule has 3 rings (SSSR count). The van der Waals surface area contributed by atoms with E-state index >= 15 is 0 Å². The zero-order chi connectivity index (χ0) is 17.7. The molecular weight excluding hydrogens is 344 g/mol. The van der Waals surface area contributed by atoms with Crippen molar-refractivity contribution in [1.29, 1.82) is 0 Å². The summed E-state index contributed by atoms with van der Waals surface area (Å²) in [6.07, 6.45) is 6.25. The van der Waals surface area contributed by atoms with Crippen LogP contribution in [0.15, 0.2) is 18.2 Å². The Labute approximate surface area is 148 Å². The van der Waals surface area contributed by atoms with Crippen LogP contribution in [0.4, 0.5) is 0 Å². The first-order valence-electron chi connectivity index (χ1n) is 8.71. The predicted octanol–water partition coefficient (Wildman–Crippen LogP) is 1.79. The Hall–Kier alpha value is -1.80. The third kappa shape index (κ3) is 5.09. The quantitative estimate of drug-likeness (QED) is 0.747. The second kappa shape index (κ2) is 8.05. The normalized spacial score (nSPS) is 17.9. The minimum atomic E-state index is -3.39. The van der Waals surface area contributed by atoms with Gasteiger partial charge in [0.1, 0.15) is 0 Å². The van der Waals surface area contributed by atoms with Crippen molar-refractivity contribution in [3.8, 4) is 11.5 Å². The van der Waals surface area contributed by atoms with E-state index in [4.69, 9.17) is 9.47 Å². The number of carbonyl (C=O) groups excluding carboxylic acids is 1. The molecule has 2 N–H and O–H groups in total. The minimum Gasteiger partial charge on any atom is -0.454 e. The summed E-state index contributed by atoms with van der Waals surface area (Å²) in [5.74, 6) is 0.671. The maximum absolute atomic E-state index is 12.2. The van der Waals surface area contributed by atoms with Gasteiger partial charge >= 0.3 is 0 Å². The van der Waals surface area contributed by atoms with Crippen LogP contribution in [-0.4, -0.2) is 39.5 Å². The summed E-state index contributed by atoms with van der Waals surface area (Å²) in [6, 6.07) is 4.91. The average Bonchev–Trinajstić information content (AvgIpc) is 2.90. The predicted molar refractivity (Wildman–Crippen MR) is 93.3 cm³/mol. The van der Waals surface area contributed by atoms with Crippen molar-refractivity contribution >= 4 is 15.9 Å². The molecule has 2 aliphatic rings. The number of hydrogen-bond acceptors (Lipinski definition) is 5. The van der Waals surface area contributed by atoms with Gasteiger partial charge in [-0.15, -0.1) is 0 Å². The molecular formula is C17H24N2O5S. The van der Waals surface area contributed by atoms with E-state index in [0.717, 1.165) is 25.7 Å². The van der Waals surface area contributed by atoms with Crippen molar-refractivity contribution in [2.24, 2.45) is 0 Å². The molecule has 1 amide bonds. The maximum atomic E-state index is 12.2. The molecule has 1 aromatic rings. The van der Waals surface area contributed by atoms with Crippen molar-refractivity contribution in [2.75, 3.05) is 19.1 Å². The first-order valence-corrected chi connectivity index (χ1v) is 10.4. The van der Waals surface area contributed by atoms with Gasteiger partial charge in [-0.1, -0.05) is 25.7 Å². The van der Waals surface area contributed by atoms with Crippen molar-refractivity contribution in [1.82, 2.24) is 10.0 Å². The van der Waals surface area contributed by atoms with Gasteiger partial charge in [-0.3, -0.25) is 4.79 Å². The lowest BCUT2D eigenvalue weighted by Crippen LogP contribution is -2.39. The Bertz CT molecular complexity index is 712. The Balaban J connectivity index is 1.47. The van der Waals surface area contributed by atoms with Gasteiger partial charge in [-0.05, 0) is 31.0 Å². The summed E-state index contributed by atoms with van der Waals surface area (Å²) in [4.78, 5) is 12.1. The number of hydrogen-bond donors (Lipinski definition) is 2. The molecule has 25 heavy (non-hydrogen) atoms. The number of benzene rings is 1. The Morgan fingerprint density at radius 2 is 1.80 bits per heavy atom. The second-order valence-corrected chi connectivity index (χ2v) is 8.32. The molecule has 1 aromatic carbocycles. The third-order valence-corrected chi connectivity index (χ3v) is 5.93. The van der Waals surface area contributed by atoms with Crippen LogP contribution in [0, 0.1) is 0 Å². The summed E-state index contributed by atoms with van der Waals surface area (Å²) in [6.45, 7) is 0.209. The van der Waals surface area contributed by atoms with Crippen LogP contribution >= 0.6 is 0 Å². The van der Waals surface area contributed by atoms with Crippen molar-refractivity contribution in [2.45, 2.75) is 44.6 Å². The summed E-state index contributed by atoms with van der Waals surface area (Å²) < 4.78 is 37.6. The van der Waals surface area contributed by atoms with Crippen LogP contribution in [-0.2, 0) is 10.0 Å². The Morgan fingerprint density at radius 1 is 1.08 bits per heavy atom. The minimum absolute atomic E-state index is 0.0251. The van der Waals surface area contributed by atoms with Crippen molar-refractivity contribution in [3.05, 3.63) is 23.8 Å². The molecule has 0 radical (unpaired) electrons. The molecule has 1 aliphatic carbocycles. The molecule has 1 fully saturated rings. The number of fused-ring (bicyclic) bond motifs is 1. The highest BCUT2D eigenvalue weighted by Gasteiger charge is 2.20. The van der Waals surface area contributed by atoms with E-state index in [9.17, 15) is 13.2 Å². The Kier molecular flexibility index (Phi) is 5.80. The van der Waals surface area contributed by atoms with Crippen LogP contribution in [0.25, 0.3) is 0 Å². The highest BCUT2D eigenvalue weighted by Crippen LogP contribution is 2.32. The molecule has 1 saturated carbocycles. The van der Waals surface area contributed by atoms with E-state index in [0.29, 0.717) is 17.1 Å². The van der Waals surface area contributed by atoms with E-state index in [2.05, 4.69) is 10.0 Å². The molecule has 0 saturated heterocycles. The fourth-order valence-corrected chi connectivity index (χ4v) is 4.38. The van der Waals surface area contributed by atoms with E-state index in [1.54, 1.807) is 18.2 Å². The average molecular weight is 368 g/mol. The van der Waals surface area contributed by atoms with E-state index in [1.807, 2.05) is 0 Å². The van der Waals surface area contributed by atoms with Crippen LogP contribution < -0.4 is 19.5 Å². The third-order valence-electron chi connectivity index (χ3n) is 4.49. The molecule has 0 atom stereocenters. The Morgan fingerprint density at radius 3 is 2.56 bits per heavy atom. The van der Waals surface area contributed by atoms with Gasteiger partial charge in [-0.25, -0.2) is 13.1 Å². The first-order chi connectivity index (χ1) is 12.0. The number of sulfonamides is 1. The van der Waals surface area contributed by atoms with Crippen molar-refractivity contribution in [3.63, 3.8) is 0 Å². The molecule has 1 heterocycles. The highest BCUT2D eigenvalue weighted by molar-refractivity contribution is 7.89. The number of amides is 1. The zero-order valence-corrected chi connectivity index (χ0v) is 14.9. The standard InChI is InChI=1S/C17H24N2O5S/c20-17(13-7-8-15-16(11-13)24-12-23-15)18-9-10-25(21,22)19-14-5-3-1-2-4-6-14/h7-8,11,14,19H,1-6,9-10,12H2,(H,18,20). The van der Waals surface area contributed by atoms with E-state index < -0.39 is 10.0 Å². The first kappa shape index (κ1) is 18.0. The van der Waals surface area contributed by atoms with Gasteiger partial charge < -0.3 is 14.8 Å². The van der Waals surface area contributed by atoms with Crippen molar-refractivity contribution < 1.29 is 22.7 Å². The largest absolute Gasteiger partial charge is 0.454 e. The molecule has 0 spiro atoms. The molecule has 1 aliphatic heterocycles. The summed E-state index contributed by atoms with van der Waals surface area (Å²) >= 11 is 0. The second-order valence-electron chi connectivity index (χ2n) is 6.45. The molecule has 7 nitrogen and oxygen atoms in total. The number of ether oxygens (including phenoxy) is 2. The summed E-state index contributed by atoms with van der Waals surface area (Å²) in [5, 5.41) is 2.64. The molecule has 0 aromatic heterocycles. The van der Waals surface area contributed by atoms with Gasteiger partial charge in [0.2, 0.25) is 16.8 Å². The lowest BCUT2D eigenvalue weighted by Gasteiger charge is -2.16. The van der Waals surface area contributed by atoms with Crippen LogP contribution in [0.1, 0.15) is 48.9 Å². The van der Waals surface area contributed by atoms with Crippen LogP contribution in [0.5, 0.6) is 11.5 Å². The number of carbonyl (C=O) groups is 1. The van der Waals surface area contributed by atoms with Crippen LogP contribution in [0.3, 0.4) is 0 Å². The smallest absolute Gasteiger partial charge is 0.251 e. The lowest BCUT2D eigenvalue weighted by molar-refractivity contribution is 0.0955. The lowest BCUT2D eigenvalue weighted by atomic mass is 10.1. The van der Waals surface area contributed by atoms with Gasteiger partial charge in [-0.2, -0.15) is 0 Å². The maximum Gasteiger partial charge on any atom is 0.251 e. The molecule has 0 unspecified atom stereocenters. The highest BCUT2D eigenvalue weighted by atomic mass is 32.2. The van der Waals surface area contributed by atoms with E-state index in [1.165, 1.54) is 12.8 Å². The van der Waals surface area contributed by atoms with Gasteiger partial charge in [0.05, 0.1) is 5.75 Å². The monoisotopic (exact) mass is 368 g/mol. The fraction of sp³-hybridized carbons (Fsp3) is 0.588. The number of nitrogens with one attached hydrogen (secondary N) is 2. The van der Waals surface area contributed by atoms with Crippen LogP contribution in [0.2, 0.25) is 0 Å². The zero-order valence-electron chi connectivity index (χ0n) is 14.1. The molecule has 8 heteroatoms. The number of rotatable bonds is 6. The van der Waals surface area contributed by atoms with Gasteiger partial charge in [0, 0.05) is 18.2 Å².